The highest BCUT2D eigenvalue weighted by Crippen LogP contribution is 2.32. The zero-order valence-corrected chi connectivity index (χ0v) is 25.6. The van der Waals surface area contributed by atoms with E-state index in [1.165, 1.54) is 74.8 Å². The van der Waals surface area contributed by atoms with Crippen molar-refractivity contribution in [2.24, 2.45) is 0 Å². The molecule has 42 heavy (non-hydrogen) atoms. The highest BCUT2D eigenvalue weighted by Gasteiger charge is 2.28. The van der Waals surface area contributed by atoms with Crippen LogP contribution >= 0.6 is 11.3 Å². The molecule has 1 saturated carbocycles. The Morgan fingerprint density at radius 1 is 0.810 bits per heavy atom. The number of unbranched alkanes of at least 4 members (excludes halogenated alkanes) is 4. The largest absolute Gasteiger partial charge is 0.478 e. The van der Waals surface area contributed by atoms with Crippen molar-refractivity contribution in [3.8, 4) is 21.1 Å². The van der Waals surface area contributed by atoms with E-state index < -0.39 is 5.97 Å². The highest BCUT2D eigenvalue weighted by atomic mass is 32.1. The zero-order chi connectivity index (χ0) is 29.1. The Morgan fingerprint density at radius 2 is 1.38 bits per heavy atom. The third-order valence-electron chi connectivity index (χ3n) is 8.60. The van der Waals surface area contributed by atoms with E-state index in [4.69, 9.17) is 14.6 Å². The summed E-state index contributed by atoms with van der Waals surface area (Å²) in [5.41, 5.74) is 3.44. The Balaban J connectivity index is 1.02. The van der Waals surface area contributed by atoms with Crippen LogP contribution in [0.2, 0.25) is 0 Å². The minimum atomic E-state index is -0.930. The zero-order valence-electron chi connectivity index (χ0n) is 24.7. The van der Waals surface area contributed by atoms with E-state index in [0.717, 1.165) is 60.5 Å². The maximum absolute atomic E-state index is 11.1. The first kappa shape index (κ1) is 30.6. The Labute approximate surface area is 253 Å². The van der Waals surface area contributed by atoms with Crippen molar-refractivity contribution in [3.05, 3.63) is 54.1 Å². The first-order valence-electron chi connectivity index (χ1n) is 15.5. The number of piperazine rings is 1. The monoisotopic (exact) mass is 592 g/mol. The smallest absolute Gasteiger partial charge is 0.335 e. The van der Waals surface area contributed by atoms with Gasteiger partial charge in [-0.1, -0.05) is 42.7 Å². The lowest BCUT2D eigenvalue weighted by Gasteiger charge is -2.42. The molecule has 1 saturated heterocycles. The van der Waals surface area contributed by atoms with Gasteiger partial charge in [0.25, 0.3) is 0 Å². The lowest BCUT2D eigenvalue weighted by molar-refractivity contribution is 0.00473. The van der Waals surface area contributed by atoms with E-state index >= 15 is 0 Å². The molecule has 1 aliphatic heterocycles. The number of benzene rings is 2. The fourth-order valence-corrected chi connectivity index (χ4v) is 6.93. The molecule has 0 bridgehead atoms. The van der Waals surface area contributed by atoms with Crippen LogP contribution in [0.15, 0.2) is 48.5 Å². The predicted molar refractivity (Wildman–Crippen MR) is 168 cm³/mol. The summed E-state index contributed by atoms with van der Waals surface area (Å²) in [6, 6.07) is 16.1. The summed E-state index contributed by atoms with van der Waals surface area (Å²) in [6.07, 6.45) is 11.5. The van der Waals surface area contributed by atoms with Crippen LogP contribution in [0.3, 0.4) is 0 Å². The number of ether oxygens (including phenoxy) is 2. The molecule has 1 aliphatic carbocycles. The topological polar surface area (TPSA) is 88.0 Å². The van der Waals surface area contributed by atoms with Crippen molar-refractivity contribution in [3.63, 3.8) is 0 Å². The van der Waals surface area contributed by atoms with Crippen LogP contribution in [0.25, 0.3) is 21.1 Å². The Kier molecular flexibility index (Phi) is 11.3. The Morgan fingerprint density at radius 3 is 1.98 bits per heavy atom. The van der Waals surface area contributed by atoms with Crippen LogP contribution in [0.5, 0.6) is 0 Å². The summed E-state index contributed by atoms with van der Waals surface area (Å²) >= 11 is 1.52. The standard InChI is InChI=1S/C33H44N4O4S/c1-40-23-5-3-2-4-6-24-41-30-17-15-29(16-18-30)37-21-19-36(20-22-37)28-13-11-26(12-14-28)32-35-34-31(42-32)25-7-9-27(10-8-25)33(38)39/h7-14,29-30H,2-6,15-24H2,1H3,(H,38,39). The number of rotatable bonds is 14. The third-order valence-corrected chi connectivity index (χ3v) is 9.63. The van der Waals surface area contributed by atoms with Gasteiger partial charge in [0.2, 0.25) is 0 Å². The molecule has 0 radical (unpaired) electrons. The quantitative estimate of drug-likeness (QED) is 0.209. The van der Waals surface area contributed by atoms with Crippen LogP contribution in [0.1, 0.15) is 68.1 Å². The van der Waals surface area contributed by atoms with Gasteiger partial charge in [-0.3, -0.25) is 4.90 Å². The average molecular weight is 593 g/mol. The molecule has 226 valence electrons. The van der Waals surface area contributed by atoms with Gasteiger partial charge in [0.1, 0.15) is 10.0 Å². The minimum Gasteiger partial charge on any atom is -0.478 e. The van der Waals surface area contributed by atoms with Gasteiger partial charge in [-0.2, -0.15) is 0 Å². The summed E-state index contributed by atoms with van der Waals surface area (Å²) in [5.74, 6) is -0.930. The predicted octanol–water partition coefficient (Wildman–Crippen LogP) is 6.62. The second-order valence-corrected chi connectivity index (χ2v) is 12.4. The molecule has 2 fully saturated rings. The molecule has 0 unspecified atom stereocenters. The molecular weight excluding hydrogens is 548 g/mol. The summed E-state index contributed by atoms with van der Waals surface area (Å²) in [5, 5.41) is 19.5. The van der Waals surface area contributed by atoms with Gasteiger partial charge in [0.05, 0.1) is 11.7 Å². The number of methoxy groups -OCH3 is 1. The summed E-state index contributed by atoms with van der Waals surface area (Å²) in [6.45, 7) is 6.13. The third kappa shape index (κ3) is 8.37. The maximum atomic E-state index is 11.1. The number of anilines is 1. The number of carboxylic acid groups (broad SMARTS) is 1. The molecule has 1 N–H and O–H groups in total. The first-order valence-corrected chi connectivity index (χ1v) is 16.3. The van der Waals surface area contributed by atoms with Crippen LogP contribution in [-0.2, 0) is 9.47 Å². The van der Waals surface area contributed by atoms with Crippen molar-refractivity contribution in [2.45, 2.75) is 69.9 Å². The number of aromatic carboxylic acids is 1. The molecule has 1 aromatic heterocycles. The molecule has 0 amide bonds. The Bertz CT molecular complexity index is 1230. The molecule has 2 aromatic carbocycles. The van der Waals surface area contributed by atoms with Crippen molar-refractivity contribution < 1.29 is 19.4 Å². The van der Waals surface area contributed by atoms with Crippen LogP contribution < -0.4 is 4.90 Å². The molecule has 2 aliphatic rings. The van der Waals surface area contributed by atoms with Gasteiger partial charge in [0.15, 0.2) is 0 Å². The molecule has 3 aromatic rings. The number of hydrogen-bond acceptors (Lipinski definition) is 8. The number of hydrogen-bond donors (Lipinski definition) is 1. The van der Waals surface area contributed by atoms with Gasteiger partial charge >= 0.3 is 5.97 Å². The van der Waals surface area contributed by atoms with Gasteiger partial charge in [-0.05, 0) is 74.9 Å². The van der Waals surface area contributed by atoms with E-state index in [2.05, 4.69) is 44.3 Å². The van der Waals surface area contributed by atoms with Crippen LogP contribution in [0, 0.1) is 0 Å². The number of carboxylic acids is 1. The normalized spacial score (nSPS) is 19.7. The molecule has 0 atom stereocenters. The average Bonchev–Trinajstić information content (AvgIpc) is 3.53. The van der Waals surface area contributed by atoms with Crippen molar-refractivity contribution >= 4 is 23.0 Å². The van der Waals surface area contributed by atoms with Crippen molar-refractivity contribution in [1.29, 1.82) is 0 Å². The van der Waals surface area contributed by atoms with E-state index in [-0.39, 0.29) is 5.56 Å². The van der Waals surface area contributed by atoms with E-state index in [0.29, 0.717) is 12.1 Å². The van der Waals surface area contributed by atoms with E-state index in [1.807, 2.05) is 0 Å². The molecule has 5 rings (SSSR count). The van der Waals surface area contributed by atoms with E-state index in [1.54, 1.807) is 31.4 Å². The van der Waals surface area contributed by atoms with Gasteiger partial charge in [-0.25, -0.2) is 4.79 Å². The molecular formula is C33H44N4O4S. The lowest BCUT2D eigenvalue weighted by atomic mass is 9.91. The first-order chi connectivity index (χ1) is 20.6. The highest BCUT2D eigenvalue weighted by molar-refractivity contribution is 7.17. The molecule has 9 heteroatoms. The SMILES string of the molecule is COCCCCCCCOC1CCC(N2CCN(c3ccc(-c4nnc(-c5ccc(C(=O)O)cc5)s4)cc3)CC2)CC1. The lowest BCUT2D eigenvalue weighted by Crippen LogP contribution is -2.51. The summed E-state index contributed by atoms with van der Waals surface area (Å²) in [7, 11) is 1.78. The molecule has 8 nitrogen and oxygen atoms in total. The summed E-state index contributed by atoms with van der Waals surface area (Å²) in [4.78, 5) is 16.3. The number of aromatic nitrogens is 2. The van der Waals surface area contributed by atoms with Crippen molar-refractivity contribution in [2.75, 3.05) is 51.4 Å². The second-order valence-electron chi connectivity index (χ2n) is 11.4. The van der Waals surface area contributed by atoms with Gasteiger partial charge in [-0.15, -0.1) is 10.2 Å². The van der Waals surface area contributed by atoms with Crippen LogP contribution in [-0.4, -0.2) is 84.8 Å². The molecule has 2 heterocycles. The van der Waals surface area contributed by atoms with Crippen LogP contribution in [0.4, 0.5) is 5.69 Å². The fraction of sp³-hybridized carbons (Fsp3) is 0.545. The molecule has 0 spiro atoms. The van der Waals surface area contributed by atoms with E-state index in [9.17, 15) is 4.79 Å². The minimum absolute atomic E-state index is 0.267. The summed E-state index contributed by atoms with van der Waals surface area (Å²) < 4.78 is 11.3. The van der Waals surface area contributed by atoms with Crippen molar-refractivity contribution in [1.82, 2.24) is 15.1 Å². The number of carbonyl (C=O) groups is 1. The maximum Gasteiger partial charge on any atom is 0.335 e. The Hall–Kier alpha value is -2.85. The second kappa shape index (κ2) is 15.6. The van der Waals surface area contributed by atoms with Gasteiger partial charge < -0.3 is 19.5 Å². The number of nitrogens with zero attached hydrogens (tertiary/aromatic N) is 4. The van der Waals surface area contributed by atoms with Gasteiger partial charge in [0, 0.05) is 69.4 Å². The fourth-order valence-electron chi connectivity index (χ4n) is 6.08.